The number of aliphatic hydroxyl groups is 1. The summed E-state index contributed by atoms with van der Waals surface area (Å²) < 4.78 is 9.76. The highest BCUT2D eigenvalue weighted by Crippen LogP contribution is 2.03. The molecule has 7 heteroatoms. The van der Waals surface area contributed by atoms with Crippen molar-refractivity contribution in [1.29, 1.82) is 0 Å². The predicted molar refractivity (Wildman–Crippen MR) is 46.6 cm³/mol. The number of hydrogen-bond donors (Lipinski definition) is 3. The molecule has 1 unspecified atom stereocenters. The lowest BCUT2D eigenvalue weighted by atomic mass is 10.3. The number of rotatable bonds is 4. The summed E-state index contributed by atoms with van der Waals surface area (Å²) in [6.07, 6.45) is -0.481. The second kappa shape index (κ2) is 5.20. The lowest BCUT2D eigenvalue weighted by Crippen LogP contribution is -2.38. The zero-order valence-corrected chi connectivity index (χ0v) is 7.80. The Hall–Kier alpha value is -1.76. The second-order valence-electron chi connectivity index (χ2n) is 2.77. The average molecular weight is 217 g/mol. The van der Waals surface area contributed by atoms with Crippen LogP contribution in [0.4, 0.5) is 0 Å². The van der Waals surface area contributed by atoms with Gasteiger partial charge in [-0.25, -0.2) is 4.79 Å². The third-order valence-corrected chi connectivity index (χ3v) is 1.61. The lowest BCUT2D eigenvalue weighted by molar-refractivity contribution is -0.146. The van der Waals surface area contributed by atoms with Crippen LogP contribution in [0.1, 0.15) is 0 Å². The molecular formula is C8H11NO6. The van der Waals surface area contributed by atoms with Crippen LogP contribution in [0, 0.1) is 0 Å². The van der Waals surface area contributed by atoms with E-state index in [9.17, 15) is 9.59 Å². The molecule has 0 saturated heterocycles. The third-order valence-electron chi connectivity index (χ3n) is 1.61. The quantitative estimate of drug-likeness (QED) is 0.525. The molecule has 7 nitrogen and oxygen atoms in total. The fraction of sp³-hybridized carbons (Fsp3) is 0.500. The van der Waals surface area contributed by atoms with E-state index < -0.39 is 18.0 Å². The molecule has 0 aromatic rings. The van der Waals surface area contributed by atoms with Crippen molar-refractivity contribution in [3.8, 4) is 0 Å². The molecule has 1 amide bonds. The van der Waals surface area contributed by atoms with Crippen LogP contribution in [0.15, 0.2) is 12.0 Å². The topological polar surface area (TPSA) is 105 Å². The maximum Gasteiger partial charge on any atom is 0.334 e. The summed E-state index contributed by atoms with van der Waals surface area (Å²) in [6, 6.07) is 0. The number of ether oxygens (including phenoxy) is 2. The SMILES string of the molecule is O=C(NCC(O)C(=O)O)C1=COCCO1. The van der Waals surface area contributed by atoms with E-state index in [1.807, 2.05) is 0 Å². The molecule has 1 rings (SSSR count). The van der Waals surface area contributed by atoms with E-state index in [0.717, 1.165) is 6.26 Å². The molecular weight excluding hydrogens is 206 g/mol. The normalized spacial score (nSPS) is 16.7. The Morgan fingerprint density at radius 2 is 2.27 bits per heavy atom. The van der Waals surface area contributed by atoms with Crippen molar-refractivity contribution in [2.45, 2.75) is 6.10 Å². The molecule has 1 heterocycles. The van der Waals surface area contributed by atoms with E-state index in [-0.39, 0.29) is 18.9 Å². The van der Waals surface area contributed by atoms with E-state index in [4.69, 9.17) is 19.7 Å². The van der Waals surface area contributed by atoms with Crippen LogP contribution in [-0.2, 0) is 19.1 Å². The fourth-order valence-corrected chi connectivity index (χ4v) is 0.851. The Labute approximate surface area is 85.3 Å². The minimum atomic E-state index is -1.63. The second-order valence-corrected chi connectivity index (χ2v) is 2.77. The third kappa shape index (κ3) is 3.47. The van der Waals surface area contributed by atoms with E-state index in [2.05, 4.69) is 5.32 Å². The first kappa shape index (κ1) is 11.3. The van der Waals surface area contributed by atoms with Gasteiger partial charge in [-0.15, -0.1) is 0 Å². The van der Waals surface area contributed by atoms with E-state index >= 15 is 0 Å². The Kier molecular flexibility index (Phi) is 3.92. The summed E-state index contributed by atoms with van der Waals surface area (Å²) in [6.45, 7) is 0.254. The van der Waals surface area contributed by atoms with Crippen molar-refractivity contribution in [2.24, 2.45) is 0 Å². The number of hydrogen-bond acceptors (Lipinski definition) is 5. The highest BCUT2D eigenvalue weighted by Gasteiger charge is 2.18. The van der Waals surface area contributed by atoms with Gasteiger partial charge in [0.15, 0.2) is 6.10 Å². The first-order valence-corrected chi connectivity index (χ1v) is 4.25. The van der Waals surface area contributed by atoms with Crippen molar-refractivity contribution >= 4 is 11.9 Å². The summed E-state index contributed by atoms with van der Waals surface area (Å²) in [4.78, 5) is 21.5. The molecule has 0 bridgehead atoms. The van der Waals surface area contributed by atoms with Crippen LogP contribution >= 0.6 is 0 Å². The number of nitrogens with one attached hydrogen (secondary N) is 1. The summed E-state index contributed by atoms with van der Waals surface area (Å²) in [5.41, 5.74) is 0. The van der Waals surface area contributed by atoms with Crippen LogP contribution in [-0.4, -0.2) is 48.0 Å². The number of aliphatic hydroxyl groups excluding tert-OH is 1. The average Bonchev–Trinajstić information content (AvgIpc) is 2.26. The number of carboxylic acids is 1. The van der Waals surface area contributed by atoms with Gasteiger partial charge in [-0.3, -0.25) is 4.79 Å². The molecule has 0 aromatic carbocycles. The Balaban J connectivity index is 2.35. The first-order chi connectivity index (χ1) is 7.11. The van der Waals surface area contributed by atoms with Gasteiger partial charge in [-0.05, 0) is 0 Å². The van der Waals surface area contributed by atoms with Gasteiger partial charge in [0, 0.05) is 0 Å². The zero-order chi connectivity index (χ0) is 11.3. The van der Waals surface area contributed by atoms with Crippen molar-refractivity contribution in [3.05, 3.63) is 12.0 Å². The van der Waals surface area contributed by atoms with E-state index in [1.54, 1.807) is 0 Å². The first-order valence-electron chi connectivity index (χ1n) is 4.25. The molecule has 15 heavy (non-hydrogen) atoms. The van der Waals surface area contributed by atoms with Gasteiger partial charge in [-0.2, -0.15) is 0 Å². The van der Waals surface area contributed by atoms with E-state index in [1.165, 1.54) is 0 Å². The standard InChI is InChI=1S/C8H11NO6/c10-5(8(12)13)3-9-7(11)6-4-14-1-2-15-6/h4-5,10H,1-3H2,(H,9,11)(H,12,13). The van der Waals surface area contributed by atoms with Gasteiger partial charge in [0.1, 0.15) is 19.5 Å². The van der Waals surface area contributed by atoms with Crippen LogP contribution in [0.25, 0.3) is 0 Å². The zero-order valence-electron chi connectivity index (χ0n) is 7.80. The molecule has 0 radical (unpaired) electrons. The van der Waals surface area contributed by atoms with Gasteiger partial charge in [0.25, 0.3) is 5.91 Å². The monoisotopic (exact) mass is 217 g/mol. The molecule has 3 N–H and O–H groups in total. The molecule has 84 valence electrons. The number of aliphatic carboxylic acids is 1. The maximum atomic E-state index is 11.2. The molecule has 1 aliphatic heterocycles. The highest BCUT2D eigenvalue weighted by molar-refractivity contribution is 5.91. The van der Waals surface area contributed by atoms with Crippen LogP contribution < -0.4 is 5.32 Å². The molecule has 0 spiro atoms. The number of amides is 1. The highest BCUT2D eigenvalue weighted by atomic mass is 16.6. The van der Waals surface area contributed by atoms with Crippen molar-refractivity contribution in [2.75, 3.05) is 19.8 Å². The number of carbonyl (C=O) groups excluding carboxylic acids is 1. The van der Waals surface area contributed by atoms with Gasteiger partial charge < -0.3 is 25.0 Å². The Bertz CT molecular complexity index is 287. The van der Waals surface area contributed by atoms with Crippen LogP contribution in [0.5, 0.6) is 0 Å². The largest absolute Gasteiger partial charge is 0.494 e. The predicted octanol–water partition coefficient (Wildman–Crippen LogP) is -1.56. The number of carboxylic acid groups (broad SMARTS) is 1. The summed E-state index contributed by atoms with van der Waals surface area (Å²) in [7, 11) is 0. The molecule has 0 aromatic heterocycles. The molecule has 0 saturated carbocycles. The Morgan fingerprint density at radius 1 is 1.53 bits per heavy atom. The minimum Gasteiger partial charge on any atom is -0.494 e. The summed E-state index contributed by atoms with van der Waals surface area (Å²) in [5.74, 6) is -2.04. The van der Waals surface area contributed by atoms with Gasteiger partial charge in [-0.1, -0.05) is 0 Å². The smallest absolute Gasteiger partial charge is 0.334 e. The molecule has 1 aliphatic rings. The van der Waals surface area contributed by atoms with Crippen LogP contribution in [0.3, 0.4) is 0 Å². The van der Waals surface area contributed by atoms with Crippen molar-refractivity contribution in [3.63, 3.8) is 0 Å². The lowest BCUT2D eigenvalue weighted by Gasteiger charge is -2.15. The minimum absolute atomic E-state index is 0.0289. The molecule has 1 atom stereocenters. The summed E-state index contributed by atoms with van der Waals surface area (Å²) >= 11 is 0. The fourth-order valence-electron chi connectivity index (χ4n) is 0.851. The number of carbonyl (C=O) groups is 2. The van der Waals surface area contributed by atoms with Crippen LogP contribution in [0.2, 0.25) is 0 Å². The maximum absolute atomic E-state index is 11.2. The molecule has 0 fully saturated rings. The van der Waals surface area contributed by atoms with Crippen molar-refractivity contribution in [1.82, 2.24) is 5.32 Å². The van der Waals surface area contributed by atoms with Gasteiger partial charge in [0.05, 0.1) is 6.54 Å². The Morgan fingerprint density at radius 3 is 2.80 bits per heavy atom. The summed E-state index contributed by atoms with van der Waals surface area (Å²) in [5, 5.41) is 19.4. The van der Waals surface area contributed by atoms with Gasteiger partial charge in [0.2, 0.25) is 5.76 Å². The van der Waals surface area contributed by atoms with Crippen molar-refractivity contribution < 1.29 is 29.3 Å². The van der Waals surface area contributed by atoms with E-state index in [0.29, 0.717) is 6.61 Å². The molecule has 0 aliphatic carbocycles. The van der Waals surface area contributed by atoms with Gasteiger partial charge >= 0.3 is 5.97 Å².